The van der Waals surface area contributed by atoms with Gasteiger partial charge in [0.25, 0.3) is 5.91 Å². The molecule has 0 bridgehead atoms. The molecule has 0 fully saturated rings. The standard InChI is InChI=1S/C16H19ClN2OS/c1-3-21-9-8-11(2)19-16(20)14-10-18-15(17)13-7-5-4-6-12(13)14/h4-7,10-11H,3,8-9H2,1-2H3,(H,19,20). The topological polar surface area (TPSA) is 42.0 Å². The Morgan fingerprint density at radius 2 is 2.10 bits per heavy atom. The number of nitrogens with one attached hydrogen (secondary N) is 1. The SMILES string of the molecule is CCSCCC(C)NC(=O)c1cnc(Cl)c2ccccc12. The minimum absolute atomic E-state index is 0.0932. The van der Waals surface area contributed by atoms with Crippen LogP contribution < -0.4 is 5.32 Å². The molecule has 0 spiro atoms. The first-order valence-corrected chi connectivity index (χ1v) is 8.58. The third-order valence-electron chi connectivity index (χ3n) is 3.27. The second-order valence-corrected chi connectivity index (χ2v) is 6.62. The molecule has 1 heterocycles. The van der Waals surface area contributed by atoms with E-state index in [0.29, 0.717) is 10.7 Å². The molecule has 0 aliphatic rings. The van der Waals surface area contributed by atoms with E-state index in [2.05, 4.69) is 17.2 Å². The van der Waals surface area contributed by atoms with Gasteiger partial charge in [0.15, 0.2) is 0 Å². The zero-order valence-corrected chi connectivity index (χ0v) is 13.8. The summed E-state index contributed by atoms with van der Waals surface area (Å²) in [6.07, 6.45) is 2.51. The largest absolute Gasteiger partial charge is 0.349 e. The molecule has 0 saturated heterocycles. The lowest BCUT2D eigenvalue weighted by Gasteiger charge is -2.14. The number of benzene rings is 1. The highest BCUT2D eigenvalue weighted by Gasteiger charge is 2.14. The van der Waals surface area contributed by atoms with Crippen molar-refractivity contribution in [3.63, 3.8) is 0 Å². The second-order valence-electron chi connectivity index (χ2n) is 4.87. The van der Waals surface area contributed by atoms with Gasteiger partial charge in [-0.1, -0.05) is 42.8 Å². The molecule has 5 heteroatoms. The maximum atomic E-state index is 12.4. The third-order valence-corrected chi connectivity index (χ3v) is 4.50. The number of hydrogen-bond acceptors (Lipinski definition) is 3. The van der Waals surface area contributed by atoms with Crippen molar-refractivity contribution in [2.24, 2.45) is 0 Å². The summed E-state index contributed by atoms with van der Waals surface area (Å²) >= 11 is 7.96. The highest BCUT2D eigenvalue weighted by molar-refractivity contribution is 7.99. The van der Waals surface area contributed by atoms with Crippen LogP contribution in [0.2, 0.25) is 5.15 Å². The smallest absolute Gasteiger partial charge is 0.253 e. The molecule has 21 heavy (non-hydrogen) atoms. The average molecular weight is 323 g/mol. The normalized spacial score (nSPS) is 12.3. The Bertz CT molecular complexity index is 633. The van der Waals surface area contributed by atoms with Crippen molar-refractivity contribution >= 4 is 40.0 Å². The van der Waals surface area contributed by atoms with Crippen molar-refractivity contribution in [1.29, 1.82) is 0 Å². The fraction of sp³-hybridized carbons (Fsp3) is 0.375. The summed E-state index contributed by atoms with van der Waals surface area (Å²) in [6, 6.07) is 7.71. The number of hydrogen-bond donors (Lipinski definition) is 1. The first kappa shape index (κ1) is 16.1. The monoisotopic (exact) mass is 322 g/mol. The van der Waals surface area contributed by atoms with Crippen LogP contribution in [0, 0.1) is 0 Å². The first-order chi connectivity index (χ1) is 10.1. The van der Waals surface area contributed by atoms with Crippen molar-refractivity contribution < 1.29 is 4.79 Å². The Morgan fingerprint density at radius 1 is 1.38 bits per heavy atom. The van der Waals surface area contributed by atoms with Gasteiger partial charge in [-0.15, -0.1) is 0 Å². The molecule has 1 aromatic carbocycles. The summed E-state index contributed by atoms with van der Waals surface area (Å²) in [5, 5.41) is 5.10. The van der Waals surface area contributed by atoms with Crippen molar-refractivity contribution in [3.8, 4) is 0 Å². The number of thioether (sulfide) groups is 1. The molecular formula is C16H19ClN2OS. The molecule has 1 amide bonds. The minimum atomic E-state index is -0.0932. The fourth-order valence-corrected chi connectivity index (χ4v) is 3.14. The highest BCUT2D eigenvalue weighted by atomic mass is 35.5. The van der Waals surface area contributed by atoms with Crippen molar-refractivity contribution in [1.82, 2.24) is 10.3 Å². The Hall–Kier alpha value is -1.26. The number of pyridine rings is 1. The molecule has 1 aromatic heterocycles. The van der Waals surface area contributed by atoms with Gasteiger partial charge in [-0.25, -0.2) is 4.98 Å². The van der Waals surface area contributed by atoms with E-state index in [1.807, 2.05) is 43.0 Å². The van der Waals surface area contributed by atoms with Crippen LogP contribution in [-0.4, -0.2) is 28.4 Å². The zero-order valence-electron chi connectivity index (χ0n) is 12.2. The van der Waals surface area contributed by atoms with E-state index in [9.17, 15) is 4.79 Å². The number of halogens is 1. The van der Waals surface area contributed by atoms with Gasteiger partial charge in [0.2, 0.25) is 0 Å². The molecule has 0 saturated carbocycles. The van der Waals surface area contributed by atoms with E-state index in [4.69, 9.17) is 11.6 Å². The van der Waals surface area contributed by atoms with Gasteiger partial charge < -0.3 is 5.32 Å². The summed E-state index contributed by atoms with van der Waals surface area (Å²) < 4.78 is 0. The molecule has 0 aliphatic carbocycles. The lowest BCUT2D eigenvalue weighted by molar-refractivity contribution is 0.0941. The number of carbonyl (C=O) groups excluding carboxylic acids is 1. The maximum Gasteiger partial charge on any atom is 0.253 e. The van der Waals surface area contributed by atoms with Gasteiger partial charge in [0.1, 0.15) is 5.15 Å². The van der Waals surface area contributed by atoms with Gasteiger partial charge in [-0.3, -0.25) is 4.79 Å². The molecule has 1 N–H and O–H groups in total. The number of fused-ring (bicyclic) bond motifs is 1. The van der Waals surface area contributed by atoms with Crippen molar-refractivity contribution in [3.05, 3.63) is 41.2 Å². The highest BCUT2D eigenvalue weighted by Crippen LogP contribution is 2.24. The summed E-state index contributed by atoms with van der Waals surface area (Å²) in [4.78, 5) is 16.5. The summed E-state index contributed by atoms with van der Waals surface area (Å²) in [5.74, 6) is 2.06. The molecule has 3 nitrogen and oxygen atoms in total. The van der Waals surface area contributed by atoms with Crippen LogP contribution in [0.4, 0.5) is 0 Å². The van der Waals surface area contributed by atoms with Crippen LogP contribution in [0.25, 0.3) is 10.8 Å². The second kappa shape index (κ2) is 7.66. The number of carbonyl (C=O) groups is 1. The van der Waals surface area contributed by atoms with Gasteiger partial charge in [0.05, 0.1) is 5.56 Å². The molecule has 0 aliphatic heterocycles. The van der Waals surface area contributed by atoms with E-state index in [1.165, 1.54) is 0 Å². The van der Waals surface area contributed by atoms with E-state index in [1.54, 1.807) is 6.20 Å². The Balaban J connectivity index is 2.15. The molecular weight excluding hydrogens is 304 g/mol. The number of amides is 1. The van der Waals surface area contributed by atoms with E-state index in [-0.39, 0.29) is 11.9 Å². The summed E-state index contributed by atoms with van der Waals surface area (Å²) in [6.45, 7) is 4.17. The van der Waals surface area contributed by atoms with Crippen LogP contribution in [0.5, 0.6) is 0 Å². The Kier molecular flexibility index (Phi) is 5.88. The molecule has 1 atom stereocenters. The van der Waals surface area contributed by atoms with Crippen LogP contribution >= 0.6 is 23.4 Å². The lowest BCUT2D eigenvalue weighted by atomic mass is 10.1. The van der Waals surface area contributed by atoms with Crippen LogP contribution in [0.1, 0.15) is 30.6 Å². The number of aromatic nitrogens is 1. The molecule has 2 aromatic rings. The fourth-order valence-electron chi connectivity index (χ4n) is 2.12. The first-order valence-electron chi connectivity index (χ1n) is 7.05. The maximum absolute atomic E-state index is 12.4. The minimum Gasteiger partial charge on any atom is -0.349 e. The van der Waals surface area contributed by atoms with Gasteiger partial charge in [-0.2, -0.15) is 11.8 Å². The van der Waals surface area contributed by atoms with Crippen LogP contribution in [0.3, 0.4) is 0 Å². The van der Waals surface area contributed by atoms with Gasteiger partial charge in [-0.05, 0) is 30.2 Å². The van der Waals surface area contributed by atoms with Gasteiger partial charge in [0, 0.05) is 17.6 Å². The number of rotatable bonds is 6. The molecule has 112 valence electrons. The van der Waals surface area contributed by atoms with Gasteiger partial charge >= 0.3 is 0 Å². The Labute approximate surface area is 134 Å². The average Bonchev–Trinajstić information content (AvgIpc) is 2.48. The van der Waals surface area contributed by atoms with Crippen molar-refractivity contribution in [2.45, 2.75) is 26.3 Å². The van der Waals surface area contributed by atoms with E-state index in [0.717, 1.165) is 28.7 Å². The quantitative estimate of drug-likeness (QED) is 0.641. The summed E-state index contributed by atoms with van der Waals surface area (Å²) in [5.41, 5.74) is 0.574. The molecule has 0 radical (unpaired) electrons. The zero-order chi connectivity index (χ0) is 15.2. The summed E-state index contributed by atoms with van der Waals surface area (Å²) in [7, 11) is 0. The molecule has 1 unspecified atom stereocenters. The molecule has 2 rings (SSSR count). The van der Waals surface area contributed by atoms with E-state index < -0.39 is 0 Å². The van der Waals surface area contributed by atoms with E-state index >= 15 is 0 Å². The predicted octanol–water partition coefficient (Wildman–Crippen LogP) is 4.15. The number of nitrogens with zero attached hydrogens (tertiary/aromatic N) is 1. The van der Waals surface area contributed by atoms with Crippen LogP contribution in [-0.2, 0) is 0 Å². The van der Waals surface area contributed by atoms with Crippen LogP contribution in [0.15, 0.2) is 30.5 Å². The third kappa shape index (κ3) is 4.11. The lowest BCUT2D eigenvalue weighted by Crippen LogP contribution is -2.33. The van der Waals surface area contributed by atoms with Crippen molar-refractivity contribution in [2.75, 3.05) is 11.5 Å². The predicted molar refractivity (Wildman–Crippen MR) is 91.3 cm³/mol. The Morgan fingerprint density at radius 3 is 2.81 bits per heavy atom.